The van der Waals surface area contributed by atoms with Crippen LogP contribution in [0.25, 0.3) is 0 Å². The van der Waals surface area contributed by atoms with Gasteiger partial charge >= 0.3 is 0 Å². The van der Waals surface area contributed by atoms with Crippen molar-refractivity contribution in [2.75, 3.05) is 31.1 Å². The van der Waals surface area contributed by atoms with Crippen LogP contribution >= 0.6 is 15.9 Å². The third-order valence-electron chi connectivity index (χ3n) is 4.27. The number of benzene rings is 1. The van der Waals surface area contributed by atoms with Gasteiger partial charge in [0.25, 0.3) is 0 Å². The molecule has 102 valence electrons. The molecule has 3 rings (SSSR count). The number of likely N-dealkylation sites (tertiary alicyclic amines) is 1. The molecule has 0 amide bonds. The van der Waals surface area contributed by atoms with Crippen molar-refractivity contribution in [2.45, 2.75) is 25.3 Å². The highest BCUT2D eigenvalue weighted by molar-refractivity contribution is 9.10. The predicted octanol–water partition coefficient (Wildman–Crippen LogP) is 2.94. The molecule has 1 unspecified atom stereocenters. The molecule has 0 bridgehead atoms. The van der Waals surface area contributed by atoms with E-state index < -0.39 is 0 Å². The molecule has 0 N–H and O–H groups in total. The van der Waals surface area contributed by atoms with E-state index in [0.29, 0.717) is 6.04 Å². The molecule has 2 heterocycles. The minimum absolute atomic E-state index is 0.708. The summed E-state index contributed by atoms with van der Waals surface area (Å²) in [5, 5.41) is 0. The molecule has 0 aromatic heterocycles. The first kappa shape index (κ1) is 13.1. The van der Waals surface area contributed by atoms with Crippen LogP contribution in [0.4, 0.5) is 5.69 Å². The summed E-state index contributed by atoms with van der Waals surface area (Å²) in [6, 6.07) is 6.57. The molecule has 0 saturated carbocycles. The Morgan fingerprint density at radius 1 is 1.21 bits per heavy atom. The molecular formula is C15H19BrN2O. The van der Waals surface area contributed by atoms with Gasteiger partial charge in [-0.3, -0.25) is 9.69 Å². The van der Waals surface area contributed by atoms with Gasteiger partial charge in [-0.05, 0) is 66.5 Å². The fraction of sp³-hybridized carbons (Fsp3) is 0.533. The second kappa shape index (κ2) is 5.63. The maximum absolute atomic E-state index is 10.8. The smallest absolute Gasteiger partial charge is 0.150 e. The number of nitrogens with zero attached hydrogens (tertiary/aromatic N) is 2. The van der Waals surface area contributed by atoms with Crippen LogP contribution in [0.15, 0.2) is 22.7 Å². The van der Waals surface area contributed by atoms with E-state index in [1.807, 2.05) is 12.1 Å². The van der Waals surface area contributed by atoms with Gasteiger partial charge in [-0.25, -0.2) is 0 Å². The van der Waals surface area contributed by atoms with E-state index in [4.69, 9.17) is 0 Å². The quantitative estimate of drug-likeness (QED) is 0.799. The first-order valence-electron chi connectivity index (χ1n) is 7.01. The van der Waals surface area contributed by atoms with Crippen LogP contribution in [0.5, 0.6) is 0 Å². The summed E-state index contributed by atoms with van der Waals surface area (Å²) in [5.74, 6) is 0. The lowest BCUT2D eigenvalue weighted by Gasteiger charge is -2.25. The lowest BCUT2D eigenvalue weighted by Crippen LogP contribution is -2.35. The average Bonchev–Trinajstić information content (AvgIpc) is 3.09. The van der Waals surface area contributed by atoms with Crippen LogP contribution in [0.2, 0.25) is 0 Å². The largest absolute Gasteiger partial charge is 0.369 e. The highest BCUT2D eigenvalue weighted by atomic mass is 79.9. The Morgan fingerprint density at radius 2 is 2.00 bits per heavy atom. The number of aldehydes is 1. The fourth-order valence-corrected chi connectivity index (χ4v) is 3.87. The zero-order valence-corrected chi connectivity index (χ0v) is 12.6. The molecule has 19 heavy (non-hydrogen) atoms. The average molecular weight is 323 g/mol. The minimum Gasteiger partial charge on any atom is -0.369 e. The fourth-order valence-electron chi connectivity index (χ4n) is 3.22. The number of hydrogen-bond donors (Lipinski definition) is 0. The Hall–Kier alpha value is -0.870. The molecule has 0 spiro atoms. The number of halogens is 1. The SMILES string of the molecule is O=Cc1ccc(N2CCC(N3CCCC3)C2)c(Br)c1. The molecule has 2 saturated heterocycles. The van der Waals surface area contributed by atoms with Crippen LogP contribution in [0.3, 0.4) is 0 Å². The van der Waals surface area contributed by atoms with Crippen LogP contribution in [0.1, 0.15) is 29.6 Å². The van der Waals surface area contributed by atoms with E-state index in [9.17, 15) is 4.79 Å². The second-order valence-corrected chi connectivity index (χ2v) is 6.31. The van der Waals surface area contributed by atoms with Gasteiger partial charge in [0.1, 0.15) is 6.29 Å². The molecule has 2 aliphatic heterocycles. The summed E-state index contributed by atoms with van der Waals surface area (Å²) >= 11 is 3.59. The molecule has 3 nitrogen and oxygen atoms in total. The topological polar surface area (TPSA) is 23.6 Å². The van der Waals surface area contributed by atoms with Crippen molar-refractivity contribution < 1.29 is 4.79 Å². The Labute approximate surface area is 122 Å². The summed E-state index contributed by atoms with van der Waals surface area (Å²) in [6.45, 7) is 4.76. The molecule has 4 heteroatoms. The number of rotatable bonds is 3. The van der Waals surface area contributed by atoms with Gasteiger partial charge in [0.2, 0.25) is 0 Å². The third-order valence-corrected chi connectivity index (χ3v) is 4.90. The summed E-state index contributed by atoms with van der Waals surface area (Å²) in [7, 11) is 0. The highest BCUT2D eigenvalue weighted by Crippen LogP contribution is 2.31. The van der Waals surface area contributed by atoms with E-state index in [-0.39, 0.29) is 0 Å². The molecule has 1 atom stereocenters. The maximum atomic E-state index is 10.8. The van der Waals surface area contributed by atoms with E-state index in [2.05, 4.69) is 31.8 Å². The van der Waals surface area contributed by atoms with Gasteiger partial charge in [-0.2, -0.15) is 0 Å². The Morgan fingerprint density at radius 3 is 2.68 bits per heavy atom. The number of anilines is 1. The van der Waals surface area contributed by atoms with Gasteiger partial charge in [-0.15, -0.1) is 0 Å². The van der Waals surface area contributed by atoms with Crippen molar-refractivity contribution in [3.8, 4) is 0 Å². The molecule has 2 fully saturated rings. The van der Waals surface area contributed by atoms with Gasteiger partial charge < -0.3 is 4.90 Å². The summed E-state index contributed by atoms with van der Waals surface area (Å²) in [6.07, 6.45) is 4.86. The van der Waals surface area contributed by atoms with Crippen LogP contribution in [-0.4, -0.2) is 43.4 Å². The summed E-state index contributed by atoms with van der Waals surface area (Å²) in [4.78, 5) is 15.8. The Kier molecular flexibility index (Phi) is 3.89. The standard InChI is InChI=1S/C15H19BrN2O/c16-14-9-12(11-19)3-4-15(14)18-8-5-13(10-18)17-6-1-2-7-17/h3-4,9,11,13H,1-2,5-8,10H2. The lowest BCUT2D eigenvalue weighted by molar-refractivity contribution is 0.112. The monoisotopic (exact) mass is 322 g/mol. The molecule has 0 aliphatic carbocycles. The number of carbonyl (C=O) groups is 1. The zero-order chi connectivity index (χ0) is 13.2. The van der Waals surface area contributed by atoms with Crippen molar-refractivity contribution in [3.05, 3.63) is 28.2 Å². The molecule has 0 radical (unpaired) electrons. The van der Waals surface area contributed by atoms with Crippen molar-refractivity contribution >= 4 is 27.9 Å². The molecular weight excluding hydrogens is 304 g/mol. The van der Waals surface area contributed by atoms with Crippen molar-refractivity contribution in [1.82, 2.24) is 4.90 Å². The van der Waals surface area contributed by atoms with Crippen molar-refractivity contribution in [3.63, 3.8) is 0 Å². The predicted molar refractivity (Wildman–Crippen MR) is 81.0 cm³/mol. The van der Waals surface area contributed by atoms with E-state index in [1.165, 1.54) is 38.0 Å². The number of carbonyl (C=O) groups excluding carboxylic acids is 1. The normalized spacial score (nSPS) is 24.1. The second-order valence-electron chi connectivity index (χ2n) is 5.46. The zero-order valence-electron chi connectivity index (χ0n) is 11.0. The minimum atomic E-state index is 0.708. The van der Waals surface area contributed by atoms with E-state index in [0.717, 1.165) is 29.4 Å². The highest BCUT2D eigenvalue weighted by Gasteiger charge is 2.29. The summed E-state index contributed by atoms with van der Waals surface area (Å²) in [5.41, 5.74) is 1.94. The van der Waals surface area contributed by atoms with E-state index in [1.54, 1.807) is 0 Å². The maximum Gasteiger partial charge on any atom is 0.150 e. The van der Waals surface area contributed by atoms with Gasteiger partial charge in [-0.1, -0.05) is 0 Å². The Bertz CT molecular complexity index is 471. The van der Waals surface area contributed by atoms with Crippen molar-refractivity contribution in [1.29, 1.82) is 0 Å². The van der Waals surface area contributed by atoms with Crippen LogP contribution < -0.4 is 4.90 Å². The molecule has 1 aromatic carbocycles. The van der Waals surface area contributed by atoms with Gasteiger partial charge in [0, 0.05) is 29.2 Å². The van der Waals surface area contributed by atoms with Crippen LogP contribution in [-0.2, 0) is 0 Å². The van der Waals surface area contributed by atoms with Crippen molar-refractivity contribution in [2.24, 2.45) is 0 Å². The molecule has 2 aliphatic rings. The lowest BCUT2D eigenvalue weighted by atomic mass is 10.2. The van der Waals surface area contributed by atoms with E-state index >= 15 is 0 Å². The summed E-state index contributed by atoms with van der Waals surface area (Å²) < 4.78 is 1.03. The first-order valence-corrected chi connectivity index (χ1v) is 7.81. The third kappa shape index (κ3) is 2.70. The molecule has 1 aromatic rings. The van der Waals surface area contributed by atoms with Gasteiger partial charge in [0.15, 0.2) is 0 Å². The van der Waals surface area contributed by atoms with Gasteiger partial charge in [0.05, 0.1) is 5.69 Å². The number of hydrogen-bond acceptors (Lipinski definition) is 3. The van der Waals surface area contributed by atoms with Crippen LogP contribution in [0, 0.1) is 0 Å². The first-order chi connectivity index (χ1) is 9.28. The Balaban J connectivity index is 1.71.